The Hall–Kier alpha value is -1.48. The van der Waals surface area contributed by atoms with Crippen molar-refractivity contribution in [3.63, 3.8) is 0 Å². The summed E-state index contributed by atoms with van der Waals surface area (Å²) in [4.78, 5) is 0. The molecule has 0 aromatic heterocycles. The highest BCUT2D eigenvalue weighted by molar-refractivity contribution is 5.62. The topological polar surface area (TPSA) is 0 Å². The zero-order valence-electron chi connectivity index (χ0n) is 7.52. The largest absolute Gasteiger partial charge is 0.101 e. The van der Waals surface area contributed by atoms with Crippen molar-refractivity contribution < 1.29 is 0 Å². The molecule has 13 heavy (non-hydrogen) atoms. The Morgan fingerprint density at radius 2 is 2.08 bits per heavy atom. The Bertz CT molecular complexity index is 348. The molecule has 0 amide bonds. The van der Waals surface area contributed by atoms with Crippen molar-refractivity contribution in [1.29, 1.82) is 0 Å². The molecule has 0 heterocycles. The molecule has 0 fully saturated rings. The zero-order chi connectivity index (χ0) is 8.97. The normalized spacial score (nSPS) is 7.85. The molecule has 0 heteroatoms. The predicted octanol–water partition coefficient (Wildman–Crippen LogP) is 3.73. The summed E-state index contributed by atoms with van der Waals surface area (Å²) in [5, 5.41) is 0. The lowest BCUT2D eigenvalue weighted by Crippen LogP contribution is -1.79. The molecule has 0 nitrogen and oxygen atoms in total. The standard InChI is InChI=1S/C12H12.CH4/c1-4-6-11-7-5-8-12(9-11)10(2)3;/h5,7-9H,2H2,1,3H3;1H4. The summed E-state index contributed by atoms with van der Waals surface area (Å²) >= 11 is 0. The van der Waals surface area contributed by atoms with Gasteiger partial charge < -0.3 is 0 Å². The van der Waals surface area contributed by atoms with Gasteiger partial charge in [-0.05, 0) is 31.5 Å². The highest BCUT2D eigenvalue weighted by Crippen LogP contribution is 2.12. The van der Waals surface area contributed by atoms with Crippen LogP contribution in [0.25, 0.3) is 5.57 Å². The van der Waals surface area contributed by atoms with E-state index in [1.165, 1.54) is 0 Å². The number of allylic oxidation sites excluding steroid dienone is 1. The van der Waals surface area contributed by atoms with Crippen molar-refractivity contribution in [3.05, 3.63) is 42.0 Å². The molecule has 0 spiro atoms. The van der Waals surface area contributed by atoms with E-state index in [4.69, 9.17) is 0 Å². The lowest BCUT2D eigenvalue weighted by molar-refractivity contribution is 1.55. The van der Waals surface area contributed by atoms with Crippen molar-refractivity contribution >= 4 is 5.57 Å². The molecule has 0 radical (unpaired) electrons. The molecule has 0 aliphatic rings. The predicted molar refractivity (Wildman–Crippen MR) is 60.4 cm³/mol. The first-order valence-electron chi connectivity index (χ1n) is 3.92. The van der Waals surface area contributed by atoms with E-state index in [2.05, 4.69) is 24.5 Å². The molecular weight excluding hydrogens is 156 g/mol. The summed E-state index contributed by atoms with van der Waals surface area (Å²) in [6, 6.07) is 8.11. The Labute approximate surface area is 81.3 Å². The molecule has 68 valence electrons. The van der Waals surface area contributed by atoms with E-state index in [0.29, 0.717) is 0 Å². The van der Waals surface area contributed by atoms with Gasteiger partial charge in [0.2, 0.25) is 0 Å². The first-order valence-corrected chi connectivity index (χ1v) is 3.92. The number of hydrogen-bond donors (Lipinski definition) is 0. The maximum absolute atomic E-state index is 3.88. The van der Waals surface area contributed by atoms with Gasteiger partial charge >= 0.3 is 0 Å². The van der Waals surface area contributed by atoms with Crippen LogP contribution in [0.5, 0.6) is 0 Å². The smallest absolute Gasteiger partial charge is 0.0251 e. The van der Waals surface area contributed by atoms with E-state index >= 15 is 0 Å². The summed E-state index contributed by atoms with van der Waals surface area (Å²) in [6.07, 6.45) is 0. The second-order valence-electron chi connectivity index (χ2n) is 2.74. The van der Waals surface area contributed by atoms with Crippen molar-refractivity contribution in [3.8, 4) is 11.8 Å². The Morgan fingerprint density at radius 1 is 1.38 bits per heavy atom. The molecule has 0 aliphatic carbocycles. The van der Waals surface area contributed by atoms with E-state index in [1.54, 1.807) is 0 Å². The average Bonchev–Trinajstić information content (AvgIpc) is 2.05. The van der Waals surface area contributed by atoms with Gasteiger partial charge in [-0.1, -0.05) is 37.6 Å². The molecule has 1 aromatic rings. The van der Waals surface area contributed by atoms with E-state index in [-0.39, 0.29) is 7.43 Å². The molecule has 1 rings (SSSR count). The van der Waals surface area contributed by atoms with Gasteiger partial charge in [-0.2, -0.15) is 0 Å². The maximum Gasteiger partial charge on any atom is 0.0251 e. The molecule has 0 saturated heterocycles. The summed E-state index contributed by atoms with van der Waals surface area (Å²) in [5.74, 6) is 5.88. The number of hydrogen-bond acceptors (Lipinski definition) is 0. The van der Waals surface area contributed by atoms with Crippen molar-refractivity contribution in [2.24, 2.45) is 0 Å². The van der Waals surface area contributed by atoms with Gasteiger partial charge in [0.05, 0.1) is 0 Å². The Morgan fingerprint density at radius 3 is 2.62 bits per heavy atom. The summed E-state index contributed by atoms with van der Waals surface area (Å²) in [5.41, 5.74) is 3.29. The zero-order valence-corrected chi connectivity index (χ0v) is 7.52. The minimum absolute atomic E-state index is 0. The van der Waals surface area contributed by atoms with E-state index in [9.17, 15) is 0 Å². The first-order chi connectivity index (χ1) is 5.74. The molecular formula is C13H16. The van der Waals surface area contributed by atoms with Crippen LogP contribution in [-0.4, -0.2) is 0 Å². The van der Waals surface area contributed by atoms with Crippen LogP contribution in [0, 0.1) is 11.8 Å². The van der Waals surface area contributed by atoms with Crippen molar-refractivity contribution in [2.75, 3.05) is 0 Å². The minimum atomic E-state index is 0. The van der Waals surface area contributed by atoms with Crippen LogP contribution in [0.1, 0.15) is 32.4 Å². The fourth-order valence-electron chi connectivity index (χ4n) is 1.01. The molecule has 0 bridgehead atoms. The third-order valence-corrected chi connectivity index (χ3v) is 1.62. The summed E-state index contributed by atoms with van der Waals surface area (Å²) in [7, 11) is 0. The van der Waals surface area contributed by atoms with Crippen LogP contribution in [0.3, 0.4) is 0 Å². The van der Waals surface area contributed by atoms with Crippen LogP contribution in [0.2, 0.25) is 0 Å². The monoisotopic (exact) mass is 172 g/mol. The lowest BCUT2D eigenvalue weighted by atomic mass is 10.1. The fraction of sp³-hybridized carbons (Fsp3) is 0.231. The van der Waals surface area contributed by atoms with Gasteiger partial charge in [-0.25, -0.2) is 0 Å². The van der Waals surface area contributed by atoms with Gasteiger partial charge in [0.25, 0.3) is 0 Å². The molecule has 0 atom stereocenters. The molecule has 0 unspecified atom stereocenters. The van der Waals surface area contributed by atoms with Gasteiger partial charge in [0.15, 0.2) is 0 Å². The molecule has 0 N–H and O–H groups in total. The van der Waals surface area contributed by atoms with Crippen molar-refractivity contribution in [2.45, 2.75) is 21.3 Å². The quantitative estimate of drug-likeness (QED) is 0.566. The second kappa shape index (κ2) is 5.22. The van der Waals surface area contributed by atoms with Crippen LogP contribution >= 0.6 is 0 Å². The van der Waals surface area contributed by atoms with Gasteiger partial charge in [-0.3, -0.25) is 0 Å². The number of rotatable bonds is 1. The summed E-state index contributed by atoms with van der Waals surface area (Å²) in [6.45, 7) is 7.72. The third kappa shape index (κ3) is 3.17. The first kappa shape index (κ1) is 11.5. The summed E-state index contributed by atoms with van der Waals surface area (Å²) < 4.78 is 0. The second-order valence-corrected chi connectivity index (χ2v) is 2.74. The van der Waals surface area contributed by atoms with Crippen molar-refractivity contribution in [1.82, 2.24) is 0 Å². The van der Waals surface area contributed by atoms with Crippen LogP contribution < -0.4 is 0 Å². The Kier molecular flexibility index (Phi) is 4.62. The van der Waals surface area contributed by atoms with Gasteiger partial charge in [-0.15, -0.1) is 5.92 Å². The maximum atomic E-state index is 3.88. The van der Waals surface area contributed by atoms with Crippen LogP contribution in [0.15, 0.2) is 30.8 Å². The fourth-order valence-corrected chi connectivity index (χ4v) is 1.01. The molecule has 0 saturated carbocycles. The lowest BCUT2D eigenvalue weighted by Gasteiger charge is -1.98. The third-order valence-electron chi connectivity index (χ3n) is 1.62. The van der Waals surface area contributed by atoms with Gasteiger partial charge in [0, 0.05) is 5.56 Å². The van der Waals surface area contributed by atoms with Crippen LogP contribution in [0.4, 0.5) is 0 Å². The molecule has 0 aliphatic heterocycles. The van der Waals surface area contributed by atoms with Crippen LogP contribution in [-0.2, 0) is 0 Å². The molecule has 1 aromatic carbocycles. The van der Waals surface area contributed by atoms with E-state index < -0.39 is 0 Å². The highest BCUT2D eigenvalue weighted by atomic mass is 14.0. The SMILES string of the molecule is C.C=C(C)c1cccc(C#CC)c1. The highest BCUT2D eigenvalue weighted by Gasteiger charge is 1.92. The number of benzene rings is 1. The minimum Gasteiger partial charge on any atom is -0.101 e. The van der Waals surface area contributed by atoms with Gasteiger partial charge in [0.1, 0.15) is 0 Å². The van der Waals surface area contributed by atoms with E-state index in [1.807, 2.05) is 32.0 Å². The van der Waals surface area contributed by atoms with E-state index in [0.717, 1.165) is 16.7 Å². The average molecular weight is 172 g/mol. The Balaban J connectivity index is 0.00000144.